The number of benzene rings is 2. The molecule has 2 aliphatic heterocycles. The van der Waals surface area contributed by atoms with Gasteiger partial charge in [-0.2, -0.15) is 0 Å². The minimum absolute atomic E-state index is 0.0919. The molecule has 10 unspecified atom stereocenters. The van der Waals surface area contributed by atoms with Gasteiger partial charge in [0.05, 0.1) is 18.8 Å². The van der Waals surface area contributed by atoms with Gasteiger partial charge in [0.1, 0.15) is 83.5 Å². The van der Waals surface area contributed by atoms with E-state index in [1.54, 1.807) is 0 Å². The standard InChI is InChI=1S/C25H30O15/c26-6-12-17(31)20(34)22(36)24(38-12)15-11(39-25-23(37)21(35)18(32)13(7-27)40-25)5-10(29)14(19(15)33)16(30)8-1-3-9(28)4-2-8/h1-5,12-13,17-18,20-29,31-37H,6-7H2. The van der Waals surface area contributed by atoms with Crippen LogP contribution < -0.4 is 4.74 Å². The van der Waals surface area contributed by atoms with Gasteiger partial charge in [-0.15, -0.1) is 0 Å². The monoisotopic (exact) mass is 570 g/mol. The Morgan fingerprint density at radius 1 is 0.750 bits per heavy atom. The molecule has 15 heteroatoms. The summed E-state index contributed by atoms with van der Waals surface area (Å²) in [5.41, 5.74) is -1.40. The van der Waals surface area contributed by atoms with Crippen molar-refractivity contribution in [3.63, 3.8) is 0 Å². The fourth-order valence-corrected chi connectivity index (χ4v) is 4.63. The molecule has 0 aromatic heterocycles. The highest BCUT2D eigenvalue weighted by molar-refractivity contribution is 6.13. The summed E-state index contributed by atoms with van der Waals surface area (Å²) < 4.78 is 16.4. The fraction of sp³-hybridized carbons (Fsp3) is 0.480. The smallest absolute Gasteiger partial charge is 0.229 e. The fourth-order valence-electron chi connectivity index (χ4n) is 4.63. The summed E-state index contributed by atoms with van der Waals surface area (Å²) in [7, 11) is 0. The Bertz CT molecular complexity index is 1200. The van der Waals surface area contributed by atoms with Crippen LogP contribution in [0, 0.1) is 0 Å². The van der Waals surface area contributed by atoms with Crippen molar-refractivity contribution >= 4 is 5.78 Å². The molecule has 0 amide bonds. The molecule has 2 aliphatic rings. The van der Waals surface area contributed by atoms with Crippen LogP contribution in [0.3, 0.4) is 0 Å². The van der Waals surface area contributed by atoms with E-state index in [4.69, 9.17) is 14.2 Å². The molecule has 0 radical (unpaired) electrons. The van der Waals surface area contributed by atoms with Crippen LogP contribution in [0.25, 0.3) is 0 Å². The second-order valence-corrected chi connectivity index (χ2v) is 9.47. The third-order valence-electron chi connectivity index (χ3n) is 6.91. The van der Waals surface area contributed by atoms with E-state index < -0.39 is 109 Å². The molecular formula is C25H30O15. The van der Waals surface area contributed by atoms with Gasteiger partial charge in [0.15, 0.2) is 0 Å². The lowest BCUT2D eigenvalue weighted by atomic mass is 9.88. The highest BCUT2D eigenvalue weighted by Gasteiger charge is 2.48. The Hall–Kier alpha value is -3.09. The number of ether oxygens (including phenoxy) is 3. The van der Waals surface area contributed by atoms with Crippen molar-refractivity contribution in [2.24, 2.45) is 0 Å². The molecule has 40 heavy (non-hydrogen) atoms. The summed E-state index contributed by atoms with van der Waals surface area (Å²) in [4.78, 5) is 13.2. The lowest BCUT2D eigenvalue weighted by molar-refractivity contribution is -0.278. The van der Waals surface area contributed by atoms with E-state index in [0.717, 1.165) is 6.07 Å². The highest BCUT2D eigenvalue weighted by Crippen LogP contribution is 2.47. The zero-order valence-corrected chi connectivity index (χ0v) is 20.6. The number of carbonyl (C=O) groups is 1. The van der Waals surface area contributed by atoms with Gasteiger partial charge in [0.25, 0.3) is 0 Å². The molecule has 2 aromatic rings. The van der Waals surface area contributed by atoms with E-state index in [0.29, 0.717) is 0 Å². The van der Waals surface area contributed by atoms with Gasteiger partial charge in [0.2, 0.25) is 12.1 Å². The topological polar surface area (TPSA) is 267 Å². The van der Waals surface area contributed by atoms with Gasteiger partial charge in [-0.25, -0.2) is 0 Å². The first-order valence-corrected chi connectivity index (χ1v) is 12.1. The Morgan fingerprint density at radius 2 is 1.30 bits per heavy atom. The van der Waals surface area contributed by atoms with Crippen molar-refractivity contribution < 1.29 is 75.2 Å². The molecule has 10 atom stereocenters. The van der Waals surface area contributed by atoms with Crippen LogP contribution in [-0.4, -0.2) is 130 Å². The van der Waals surface area contributed by atoms with Crippen molar-refractivity contribution in [2.75, 3.05) is 13.2 Å². The Balaban J connectivity index is 1.84. The van der Waals surface area contributed by atoms with Crippen molar-refractivity contribution in [1.29, 1.82) is 0 Å². The van der Waals surface area contributed by atoms with E-state index >= 15 is 0 Å². The molecule has 11 N–H and O–H groups in total. The second kappa shape index (κ2) is 11.8. The van der Waals surface area contributed by atoms with Gasteiger partial charge in [-0.1, -0.05) is 0 Å². The van der Waals surface area contributed by atoms with E-state index in [1.165, 1.54) is 24.3 Å². The molecular weight excluding hydrogens is 540 g/mol. The average Bonchev–Trinajstić information content (AvgIpc) is 2.93. The summed E-state index contributed by atoms with van der Waals surface area (Å²) in [6.45, 7) is -1.65. The first kappa shape index (κ1) is 29.9. The number of carbonyl (C=O) groups excluding carboxylic acids is 1. The Labute approximate surface area is 225 Å². The van der Waals surface area contributed by atoms with Crippen LogP contribution in [0.4, 0.5) is 0 Å². The third kappa shape index (κ3) is 5.31. The SMILES string of the molecule is O=C(c1ccc(O)cc1)c1c(O)cc(OC2OC(CO)C(O)C(O)C2O)c(C2OC(CO)C(O)C(O)C2O)c1O. The molecule has 0 spiro atoms. The zero-order valence-electron chi connectivity index (χ0n) is 20.6. The van der Waals surface area contributed by atoms with Crippen LogP contribution in [0.5, 0.6) is 23.0 Å². The molecule has 2 aromatic carbocycles. The molecule has 0 bridgehead atoms. The molecule has 0 saturated carbocycles. The summed E-state index contributed by atoms with van der Waals surface area (Å²) >= 11 is 0. The van der Waals surface area contributed by atoms with Crippen LogP contribution in [-0.2, 0) is 9.47 Å². The Morgan fingerprint density at radius 3 is 1.88 bits per heavy atom. The van der Waals surface area contributed by atoms with Gasteiger partial charge in [-0.3, -0.25) is 4.79 Å². The number of hydrogen-bond acceptors (Lipinski definition) is 15. The van der Waals surface area contributed by atoms with Crippen LogP contribution in [0.15, 0.2) is 30.3 Å². The molecule has 15 nitrogen and oxygen atoms in total. The van der Waals surface area contributed by atoms with Gasteiger partial charge < -0.3 is 70.4 Å². The molecule has 0 aliphatic carbocycles. The van der Waals surface area contributed by atoms with Crippen LogP contribution in [0.2, 0.25) is 0 Å². The molecule has 4 rings (SSSR count). The van der Waals surface area contributed by atoms with Crippen molar-refractivity contribution in [3.05, 3.63) is 47.0 Å². The summed E-state index contributed by atoms with van der Waals surface area (Å²) in [6, 6.07) is 5.53. The molecule has 2 saturated heterocycles. The summed E-state index contributed by atoms with van der Waals surface area (Å²) in [6.07, 6.45) is -17.8. The normalized spacial score (nSPS) is 34.4. The van der Waals surface area contributed by atoms with E-state index in [9.17, 15) is 61.0 Å². The molecule has 2 heterocycles. The molecule has 220 valence electrons. The van der Waals surface area contributed by atoms with E-state index in [1.807, 2.05) is 0 Å². The number of aliphatic hydroxyl groups excluding tert-OH is 8. The van der Waals surface area contributed by atoms with Crippen LogP contribution in [0.1, 0.15) is 27.6 Å². The van der Waals surface area contributed by atoms with E-state index in [2.05, 4.69) is 0 Å². The summed E-state index contributed by atoms with van der Waals surface area (Å²) in [5, 5.41) is 112. The van der Waals surface area contributed by atoms with Gasteiger partial charge in [0, 0.05) is 11.6 Å². The zero-order chi connectivity index (χ0) is 29.5. The number of aromatic hydroxyl groups is 3. The number of hydrogen-bond donors (Lipinski definition) is 11. The number of aliphatic hydroxyl groups is 8. The number of ketones is 1. The number of rotatable bonds is 7. The maximum atomic E-state index is 13.2. The predicted octanol–water partition coefficient (Wildman–Crippen LogP) is -3.27. The second-order valence-electron chi connectivity index (χ2n) is 9.47. The quantitative estimate of drug-likeness (QED) is 0.146. The largest absolute Gasteiger partial charge is 0.508 e. The highest BCUT2D eigenvalue weighted by atomic mass is 16.7. The van der Waals surface area contributed by atoms with Gasteiger partial charge in [-0.05, 0) is 24.3 Å². The maximum absolute atomic E-state index is 13.2. The van der Waals surface area contributed by atoms with E-state index in [-0.39, 0.29) is 11.3 Å². The van der Waals surface area contributed by atoms with Crippen LogP contribution >= 0.6 is 0 Å². The maximum Gasteiger partial charge on any atom is 0.229 e. The van der Waals surface area contributed by atoms with Gasteiger partial charge >= 0.3 is 0 Å². The lowest BCUT2D eigenvalue weighted by Gasteiger charge is -2.42. The van der Waals surface area contributed by atoms with Crippen molar-refractivity contribution in [1.82, 2.24) is 0 Å². The number of phenols is 3. The molecule has 2 fully saturated rings. The predicted molar refractivity (Wildman–Crippen MR) is 128 cm³/mol. The Kier molecular flexibility index (Phi) is 8.81. The van der Waals surface area contributed by atoms with Crippen molar-refractivity contribution in [3.8, 4) is 23.0 Å². The minimum Gasteiger partial charge on any atom is -0.508 e. The number of phenolic OH excluding ortho intramolecular Hbond substituents is 3. The first-order valence-electron chi connectivity index (χ1n) is 12.1. The average molecular weight is 571 g/mol. The first-order chi connectivity index (χ1) is 18.9. The van der Waals surface area contributed by atoms with Crippen molar-refractivity contribution in [2.45, 2.75) is 61.2 Å². The third-order valence-corrected chi connectivity index (χ3v) is 6.91. The minimum atomic E-state index is -2.00. The summed E-state index contributed by atoms with van der Waals surface area (Å²) in [5.74, 6) is -3.63. The lowest BCUT2D eigenvalue weighted by Crippen LogP contribution is -2.60.